The molecule has 5 nitrogen and oxygen atoms in total. The van der Waals surface area contributed by atoms with Crippen LogP contribution in [0.2, 0.25) is 5.02 Å². The number of carbonyl (C=O) groups excluding carboxylic acids is 1. The van der Waals surface area contributed by atoms with Crippen LogP contribution in [0.15, 0.2) is 48.5 Å². The SMILES string of the molecule is CC(C)c1ccc(C(=O)N[C@@H](c2ccccc2Cl)[C@@H](O)C(=O)O)cc1. The fraction of sp³-hybridized carbons (Fsp3) is 0.263. The van der Waals surface area contributed by atoms with Gasteiger partial charge in [0, 0.05) is 10.6 Å². The number of benzene rings is 2. The van der Waals surface area contributed by atoms with E-state index < -0.39 is 24.0 Å². The number of hydrogen-bond donors (Lipinski definition) is 3. The molecule has 132 valence electrons. The van der Waals surface area contributed by atoms with E-state index in [9.17, 15) is 14.7 Å². The number of nitrogens with one attached hydrogen (secondary N) is 1. The minimum Gasteiger partial charge on any atom is -0.479 e. The number of aliphatic carboxylic acids is 1. The smallest absolute Gasteiger partial charge is 0.335 e. The number of hydrogen-bond acceptors (Lipinski definition) is 3. The van der Waals surface area contributed by atoms with Crippen LogP contribution in [0.25, 0.3) is 0 Å². The van der Waals surface area contributed by atoms with E-state index in [1.54, 1.807) is 36.4 Å². The number of aliphatic hydroxyl groups excluding tert-OH is 1. The lowest BCUT2D eigenvalue weighted by atomic mass is 9.99. The molecule has 6 heteroatoms. The summed E-state index contributed by atoms with van der Waals surface area (Å²) in [5.41, 5.74) is 1.80. The van der Waals surface area contributed by atoms with Crippen molar-refractivity contribution in [3.63, 3.8) is 0 Å². The van der Waals surface area contributed by atoms with Crippen molar-refractivity contribution in [1.29, 1.82) is 0 Å². The lowest BCUT2D eigenvalue weighted by Gasteiger charge is -2.23. The van der Waals surface area contributed by atoms with E-state index in [-0.39, 0.29) is 5.02 Å². The number of carbonyl (C=O) groups is 2. The fourth-order valence-electron chi connectivity index (χ4n) is 2.44. The average molecular weight is 362 g/mol. The molecule has 0 aromatic heterocycles. The summed E-state index contributed by atoms with van der Waals surface area (Å²) in [6, 6.07) is 12.3. The van der Waals surface area contributed by atoms with Crippen LogP contribution in [-0.4, -0.2) is 28.2 Å². The molecule has 2 rings (SSSR count). The van der Waals surface area contributed by atoms with E-state index in [1.807, 2.05) is 26.0 Å². The van der Waals surface area contributed by atoms with E-state index in [0.717, 1.165) is 5.56 Å². The monoisotopic (exact) mass is 361 g/mol. The Labute approximate surface area is 151 Å². The largest absolute Gasteiger partial charge is 0.479 e. The van der Waals surface area contributed by atoms with Crippen molar-refractivity contribution in [3.8, 4) is 0 Å². The lowest BCUT2D eigenvalue weighted by Crippen LogP contribution is -2.40. The summed E-state index contributed by atoms with van der Waals surface area (Å²) in [5, 5.41) is 22.0. The van der Waals surface area contributed by atoms with Crippen LogP contribution in [0.5, 0.6) is 0 Å². The highest BCUT2D eigenvalue weighted by atomic mass is 35.5. The minimum absolute atomic E-state index is 0.267. The molecule has 2 aromatic carbocycles. The van der Waals surface area contributed by atoms with Gasteiger partial charge in [-0.1, -0.05) is 55.8 Å². The van der Waals surface area contributed by atoms with Crippen LogP contribution < -0.4 is 5.32 Å². The Morgan fingerprint density at radius 2 is 1.64 bits per heavy atom. The van der Waals surface area contributed by atoms with Crippen molar-refractivity contribution in [3.05, 3.63) is 70.2 Å². The predicted octanol–water partition coefficient (Wildman–Crippen LogP) is 3.38. The maximum Gasteiger partial charge on any atom is 0.335 e. The number of aliphatic hydroxyl groups is 1. The minimum atomic E-state index is -1.82. The molecule has 0 saturated carbocycles. The van der Waals surface area contributed by atoms with E-state index in [2.05, 4.69) is 5.32 Å². The Morgan fingerprint density at radius 3 is 2.16 bits per heavy atom. The highest BCUT2D eigenvalue weighted by molar-refractivity contribution is 6.31. The number of carboxylic acid groups (broad SMARTS) is 1. The van der Waals surface area contributed by atoms with Gasteiger partial charge in [0.1, 0.15) is 0 Å². The quantitative estimate of drug-likeness (QED) is 0.736. The third-order valence-corrected chi connectivity index (χ3v) is 4.28. The van der Waals surface area contributed by atoms with Crippen LogP contribution in [-0.2, 0) is 4.79 Å². The topological polar surface area (TPSA) is 86.6 Å². The van der Waals surface area contributed by atoms with E-state index >= 15 is 0 Å². The number of rotatable bonds is 6. The third-order valence-electron chi connectivity index (χ3n) is 3.94. The van der Waals surface area contributed by atoms with Crippen molar-refractivity contribution >= 4 is 23.5 Å². The molecule has 1 amide bonds. The highest BCUT2D eigenvalue weighted by Gasteiger charge is 2.30. The maximum atomic E-state index is 12.5. The average Bonchev–Trinajstić information content (AvgIpc) is 2.59. The summed E-state index contributed by atoms with van der Waals surface area (Å²) in [7, 11) is 0. The van der Waals surface area contributed by atoms with Crippen molar-refractivity contribution in [2.45, 2.75) is 31.9 Å². The second-order valence-corrected chi connectivity index (χ2v) is 6.44. The zero-order chi connectivity index (χ0) is 18.6. The molecule has 3 N–H and O–H groups in total. The highest BCUT2D eigenvalue weighted by Crippen LogP contribution is 2.26. The summed E-state index contributed by atoms with van der Waals surface area (Å²) in [4.78, 5) is 23.7. The van der Waals surface area contributed by atoms with E-state index in [1.165, 1.54) is 0 Å². The number of halogens is 1. The summed E-state index contributed by atoms with van der Waals surface area (Å²) < 4.78 is 0. The van der Waals surface area contributed by atoms with Crippen molar-refractivity contribution < 1.29 is 19.8 Å². The molecule has 0 aliphatic carbocycles. The van der Waals surface area contributed by atoms with Crippen LogP contribution in [0.4, 0.5) is 0 Å². The molecular formula is C19H20ClNO4. The molecule has 0 fully saturated rings. The predicted molar refractivity (Wildman–Crippen MR) is 95.8 cm³/mol. The Balaban J connectivity index is 2.28. The molecule has 25 heavy (non-hydrogen) atoms. The van der Waals surface area contributed by atoms with Gasteiger partial charge in [0.15, 0.2) is 6.10 Å². The van der Waals surface area contributed by atoms with E-state index in [0.29, 0.717) is 17.0 Å². The zero-order valence-corrected chi connectivity index (χ0v) is 14.7. The van der Waals surface area contributed by atoms with Gasteiger partial charge in [-0.2, -0.15) is 0 Å². The zero-order valence-electron chi connectivity index (χ0n) is 13.9. The molecule has 0 heterocycles. The second kappa shape index (κ2) is 8.14. The standard InChI is InChI=1S/C19H20ClNO4/c1-11(2)12-7-9-13(10-8-12)18(23)21-16(17(22)19(24)25)14-5-3-4-6-15(14)20/h3-11,16-17,22H,1-2H3,(H,21,23)(H,24,25)/t16-,17+/m0/s1. The molecule has 2 aromatic rings. The van der Waals surface area contributed by atoms with Gasteiger partial charge < -0.3 is 15.5 Å². The molecule has 0 unspecified atom stereocenters. The lowest BCUT2D eigenvalue weighted by molar-refractivity contribution is -0.148. The first-order valence-electron chi connectivity index (χ1n) is 7.87. The summed E-state index contributed by atoms with van der Waals surface area (Å²) in [6.45, 7) is 4.09. The Bertz CT molecular complexity index is 758. The third kappa shape index (κ3) is 4.59. The second-order valence-electron chi connectivity index (χ2n) is 6.03. The Hall–Kier alpha value is -2.37. The molecule has 0 bridgehead atoms. The molecule has 0 aliphatic heterocycles. The molecule has 0 spiro atoms. The maximum absolute atomic E-state index is 12.5. The molecule has 0 radical (unpaired) electrons. The number of amides is 1. The Morgan fingerprint density at radius 1 is 1.04 bits per heavy atom. The van der Waals surface area contributed by atoms with Crippen molar-refractivity contribution in [2.24, 2.45) is 0 Å². The van der Waals surface area contributed by atoms with Gasteiger partial charge in [-0.3, -0.25) is 4.79 Å². The summed E-state index contributed by atoms with van der Waals surface area (Å²) in [5.74, 6) is -1.59. The fourth-order valence-corrected chi connectivity index (χ4v) is 2.69. The van der Waals surface area contributed by atoms with Gasteiger partial charge in [-0.25, -0.2) is 4.79 Å². The summed E-state index contributed by atoms with van der Waals surface area (Å²) in [6.07, 6.45) is -1.82. The van der Waals surface area contributed by atoms with Crippen molar-refractivity contribution in [1.82, 2.24) is 5.32 Å². The van der Waals surface area contributed by atoms with Crippen molar-refractivity contribution in [2.75, 3.05) is 0 Å². The van der Waals surface area contributed by atoms with Gasteiger partial charge >= 0.3 is 5.97 Å². The van der Waals surface area contributed by atoms with Gasteiger partial charge in [0.05, 0.1) is 6.04 Å². The Kier molecular flexibility index (Phi) is 6.17. The summed E-state index contributed by atoms with van der Waals surface area (Å²) >= 11 is 6.10. The van der Waals surface area contributed by atoms with Crippen LogP contribution in [0.1, 0.15) is 47.3 Å². The molecule has 0 aliphatic rings. The van der Waals surface area contributed by atoms with Crippen LogP contribution in [0, 0.1) is 0 Å². The first-order valence-corrected chi connectivity index (χ1v) is 8.25. The molecular weight excluding hydrogens is 342 g/mol. The number of carboxylic acids is 1. The van der Waals surface area contributed by atoms with E-state index in [4.69, 9.17) is 16.7 Å². The van der Waals surface area contributed by atoms with Crippen LogP contribution >= 0.6 is 11.6 Å². The van der Waals surface area contributed by atoms with Gasteiger partial charge in [-0.15, -0.1) is 0 Å². The molecule has 0 saturated heterocycles. The van der Waals surface area contributed by atoms with Crippen LogP contribution in [0.3, 0.4) is 0 Å². The molecule has 2 atom stereocenters. The first kappa shape index (κ1) is 19.0. The van der Waals surface area contributed by atoms with Gasteiger partial charge in [0.25, 0.3) is 5.91 Å². The first-order chi connectivity index (χ1) is 11.8. The van der Waals surface area contributed by atoms with Gasteiger partial charge in [-0.05, 0) is 35.2 Å². The normalized spacial score (nSPS) is 13.3. The van der Waals surface area contributed by atoms with Gasteiger partial charge in [0.2, 0.25) is 0 Å².